The molecule has 4 aromatic rings. The van der Waals surface area contributed by atoms with Crippen LogP contribution in [-0.2, 0) is 13.6 Å². The Morgan fingerprint density at radius 2 is 2.07 bits per heavy atom. The topological polar surface area (TPSA) is 104 Å². The van der Waals surface area contributed by atoms with E-state index >= 15 is 0 Å². The summed E-state index contributed by atoms with van der Waals surface area (Å²) in [7, 11) is 1.68. The molecule has 0 unspecified atom stereocenters. The van der Waals surface area contributed by atoms with Crippen molar-refractivity contribution in [3.63, 3.8) is 0 Å². The van der Waals surface area contributed by atoms with Gasteiger partial charge >= 0.3 is 11.8 Å². The van der Waals surface area contributed by atoms with Crippen LogP contribution in [0.15, 0.2) is 38.6 Å². The van der Waals surface area contributed by atoms with Gasteiger partial charge in [0.1, 0.15) is 0 Å². The third kappa shape index (κ3) is 2.67. The number of nitrogens with zero attached hydrogens (tertiary/aromatic N) is 5. The number of halogens is 2. The van der Waals surface area contributed by atoms with E-state index in [4.69, 9.17) is 11.6 Å². The molecule has 1 fully saturated rings. The molecule has 30 heavy (non-hydrogen) atoms. The highest BCUT2D eigenvalue weighted by atomic mass is 79.9. The first-order valence-corrected chi connectivity index (χ1v) is 10.4. The van der Waals surface area contributed by atoms with Gasteiger partial charge in [-0.2, -0.15) is 0 Å². The highest BCUT2D eigenvalue weighted by Gasteiger charge is 2.31. The quantitative estimate of drug-likeness (QED) is 0.442. The number of rotatable bonds is 3. The van der Waals surface area contributed by atoms with E-state index in [1.54, 1.807) is 35.9 Å². The Morgan fingerprint density at radius 3 is 2.73 bits per heavy atom. The summed E-state index contributed by atoms with van der Waals surface area (Å²) >= 11 is 9.55. The zero-order valence-electron chi connectivity index (χ0n) is 15.7. The summed E-state index contributed by atoms with van der Waals surface area (Å²) in [5.41, 5.74) is 0.247. The summed E-state index contributed by atoms with van der Waals surface area (Å²) in [6.07, 6.45) is 0.431. The van der Waals surface area contributed by atoms with Crippen molar-refractivity contribution in [2.24, 2.45) is 7.05 Å². The first kappa shape index (κ1) is 19.1. The number of hydrogen-bond donors (Lipinski definition) is 1. The minimum absolute atomic E-state index is 0.0200. The Kier molecular flexibility index (Phi) is 4.19. The van der Waals surface area contributed by atoms with Crippen molar-refractivity contribution in [1.29, 1.82) is 0 Å². The van der Waals surface area contributed by atoms with Crippen LogP contribution in [-0.4, -0.2) is 34.5 Å². The lowest BCUT2D eigenvalue weighted by molar-refractivity contribution is 0.196. The molecule has 0 aliphatic heterocycles. The van der Waals surface area contributed by atoms with Gasteiger partial charge in [-0.3, -0.25) is 13.9 Å². The molecule has 3 aromatic heterocycles. The predicted molar refractivity (Wildman–Crippen MR) is 115 cm³/mol. The van der Waals surface area contributed by atoms with Crippen molar-refractivity contribution in [2.75, 3.05) is 0 Å². The number of carbonyl (C=O) groups is 1. The third-order valence-electron chi connectivity index (χ3n) is 5.43. The molecule has 1 aliphatic carbocycles. The minimum atomic E-state index is -1.22. The molecule has 1 N–H and O–H groups in total. The molecule has 11 heteroatoms. The average Bonchev–Trinajstić information content (AvgIpc) is 3.37. The Labute approximate surface area is 181 Å². The maximum atomic E-state index is 13.3. The second kappa shape index (κ2) is 6.58. The van der Waals surface area contributed by atoms with Crippen LogP contribution in [0.3, 0.4) is 0 Å². The monoisotopic (exact) mass is 491 g/mol. The van der Waals surface area contributed by atoms with E-state index in [-0.39, 0.29) is 23.8 Å². The lowest BCUT2D eigenvalue weighted by Crippen LogP contribution is -2.41. The lowest BCUT2D eigenvalue weighted by Gasteiger charge is -2.12. The number of fused-ring (bicyclic) bond motifs is 2. The molecule has 5 rings (SSSR count). The van der Waals surface area contributed by atoms with Crippen LogP contribution in [0.5, 0.6) is 0 Å². The van der Waals surface area contributed by atoms with Gasteiger partial charge in [-0.25, -0.2) is 19.1 Å². The maximum Gasteiger partial charge on any atom is 0.416 e. The standard InChI is InChI=1S/C19H15BrClN5O4/c1-23-14-15(22-17(23)20)26(9-5-6-9)18(28)24(16(14)27)8-10-7-11-12(21)3-2-4-13(11)25(10)19(29)30/h2-4,7,9H,5-6,8H2,1H3,(H,29,30). The van der Waals surface area contributed by atoms with Crippen LogP contribution < -0.4 is 11.2 Å². The summed E-state index contributed by atoms with van der Waals surface area (Å²) in [5.74, 6) is 0. The van der Waals surface area contributed by atoms with Crippen molar-refractivity contribution in [1.82, 2.24) is 23.3 Å². The Bertz CT molecular complexity index is 1490. The second-order valence-corrected chi connectivity index (χ2v) is 8.43. The van der Waals surface area contributed by atoms with Gasteiger partial charge in [0.05, 0.1) is 17.8 Å². The molecule has 1 saturated carbocycles. The molecule has 1 aliphatic rings. The first-order valence-electron chi connectivity index (χ1n) is 9.19. The summed E-state index contributed by atoms with van der Waals surface area (Å²) in [6.45, 7) is -0.208. The van der Waals surface area contributed by atoms with E-state index in [1.807, 2.05) is 0 Å². The van der Waals surface area contributed by atoms with Crippen LogP contribution in [0.25, 0.3) is 22.1 Å². The molecule has 3 heterocycles. The van der Waals surface area contributed by atoms with E-state index in [9.17, 15) is 19.5 Å². The highest BCUT2D eigenvalue weighted by Crippen LogP contribution is 2.35. The van der Waals surface area contributed by atoms with Crippen LogP contribution in [0, 0.1) is 0 Å². The fraction of sp³-hybridized carbons (Fsp3) is 0.263. The largest absolute Gasteiger partial charge is 0.464 e. The Hall–Kier alpha value is -2.85. The van der Waals surface area contributed by atoms with Crippen molar-refractivity contribution >= 4 is 55.7 Å². The zero-order valence-corrected chi connectivity index (χ0v) is 18.0. The van der Waals surface area contributed by atoms with Gasteiger partial charge in [0.25, 0.3) is 5.56 Å². The van der Waals surface area contributed by atoms with Crippen molar-refractivity contribution < 1.29 is 9.90 Å². The van der Waals surface area contributed by atoms with E-state index in [0.717, 1.165) is 22.0 Å². The van der Waals surface area contributed by atoms with E-state index in [2.05, 4.69) is 20.9 Å². The van der Waals surface area contributed by atoms with Gasteiger partial charge in [0.15, 0.2) is 15.9 Å². The smallest absolute Gasteiger partial charge is 0.416 e. The SMILES string of the molecule is Cn1c(Br)nc2c1c(=O)n(Cc1cc3c(Cl)cccc3n1C(=O)O)c(=O)n2C1CC1. The van der Waals surface area contributed by atoms with Crippen molar-refractivity contribution in [3.05, 3.63) is 60.6 Å². The van der Waals surface area contributed by atoms with Crippen LogP contribution in [0.1, 0.15) is 24.6 Å². The number of carboxylic acid groups (broad SMARTS) is 1. The summed E-state index contributed by atoms with van der Waals surface area (Å²) < 4.78 is 5.67. The molecule has 0 amide bonds. The van der Waals surface area contributed by atoms with E-state index in [1.165, 1.54) is 4.57 Å². The zero-order chi connectivity index (χ0) is 21.3. The molecule has 0 saturated heterocycles. The molecule has 0 spiro atoms. The van der Waals surface area contributed by atoms with Gasteiger partial charge < -0.3 is 9.67 Å². The van der Waals surface area contributed by atoms with Crippen LogP contribution >= 0.6 is 27.5 Å². The minimum Gasteiger partial charge on any atom is -0.464 e. The predicted octanol–water partition coefficient (Wildman–Crippen LogP) is 3.18. The molecule has 0 bridgehead atoms. The van der Waals surface area contributed by atoms with Gasteiger partial charge in [-0.1, -0.05) is 17.7 Å². The molecule has 0 atom stereocenters. The van der Waals surface area contributed by atoms with E-state index < -0.39 is 17.3 Å². The summed E-state index contributed by atoms with van der Waals surface area (Å²) in [4.78, 5) is 42.8. The van der Waals surface area contributed by atoms with Crippen LogP contribution in [0.2, 0.25) is 5.02 Å². The number of aryl methyl sites for hydroxylation is 1. The molecule has 154 valence electrons. The Balaban J connectivity index is 1.80. The number of benzene rings is 1. The van der Waals surface area contributed by atoms with E-state index in [0.29, 0.717) is 26.3 Å². The molecule has 0 radical (unpaired) electrons. The number of hydrogen-bond acceptors (Lipinski definition) is 4. The maximum absolute atomic E-state index is 13.3. The molecular weight excluding hydrogens is 478 g/mol. The summed E-state index contributed by atoms with van der Waals surface area (Å²) in [6, 6.07) is 6.52. The summed E-state index contributed by atoms with van der Waals surface area (Å²) in [5, 5.41) is 10.7. The normalized spacial score (nSPS) is 14.1. The molecule has 1 aromatic carbocycles. The highest BCUT2D eigenvalue weighted by molar-refractivity contribution is 9.10. The van der Waals surface area contributed by atoms with Gasteiger partial charge in [0, 0.05) is 23.5 Å². The Morgan fingerprint density at radius 1 is 1.33 bits per heavy atom. The van der Waals surface area contributed by atoms with Gasteiger partial charge in [-0.05, 0) is 47.0 Å². The lowest BCUT2D eigenvalue weighted by atomic mass is 10.2. The first-order chi connectivity index (χ1) is 14.3. The van der Waals surface area contributed by atoms with Crippen molar-refractivity contribution in [2.45, 2.75) is 25.4 Å². The third-order valence-corrected chi connectivity index (χ3v) is 6.47. The van der Waals surface area contributed by atoms with Crippen LogP contribution in [0.4, 0.5) is 4.79 Å². The van der Waals surface area contributed by atoms with Gasteiger partial charge in [0.2, 0.25) is 0 Å². The molecular formula is C19H15BrClN5O4. The average molecular weight is 493 g/mol. The fourth-order valence-corrected chi connectivity index (χ4v) is 4.42. The number of imidazole rings is 1. The second-order valence-electron chi connectivity index (χ2n) is 7.31. The number of aromatic nitrogens is 5. The molecule has 9 nitrogen and oxygen atoms in total. The van der Waals surface area contributed by atoms with Gasteiger partial charge in [-0.15, -0.1) is 0 Å². The fourth-order valence-electron chi connectivity index (χ4n) is 3.85. The van der Waals surface area contributed by atoms with Crippen molar-refractivity contribution in [3.8, 4) is 0 Å².